The van der Waals surface area contributed by atoms with Gasteiger partial charge in [0, 0.05) is 45.2 Å². The monoisotopic (exact) mass is 404 g/mol. The lowest BCUT2D eigenvalue weighted by molar-refractivity contribution is 0.0372. The molecule has 2 heterocycles. The number of unbranched alkanes of at least 4 members (excludes halogenated alkanes) is 1. The van der Waals surface area contributed by atoms with Crippen molar-refractivity contribution in [3.63, 3.8) is 0 Å². The Labute approximate surface area is 174 Å². The molecule has 29 heavy (non-hydrogen) atoms. The van der Waals surface area contributed by atoms with Crippen LogP contribution in [0.4, 0.5) is 0 Å². The van der Waals surface area contributed by atoms with Crippen molar-refractivity contribution < 1.29 is 14.2 Å². The minimum absolute atomic E-state index is 0.152. The maximum absolute atomic E-state index is 6.19. The summed E-state index contributed by atoms with van der Waals surface area (Å²) in [7, 11) is 1.81. The summed E-state index contributed by atoms with van der Waals surface area (Å²) in [5.41, 5.74) is 2.34. The first-order valence-corrected chi connectivity index (χ1v) is 10.8. The molecule has 7 nitrogen and oxygen atoms in total. The lowest BCUT2D eigenvalue weighted by Crippen LogP contribution is -2.38. The molecule has 2 aliphatic heterocycles. The molecule has 0 aliphatic carbocycles. The standard InChI is InChI=1S/C22H36N4O3/c1-18-5-6-19(21(15-18)29-20-7-12-28-17-20)16-25-22(23-2)24-8-3-4-9-26-10-13-27-14-11-26/h5-6,15,20H,3-4,7-14,16-17H2,1-2H3,(H2,23,24,25). The van der Waals surface area contributed by atoms with Gasteiger partial charge < -0.3 is 24.8 Å². The lowest BCUT2D eigenvalue weighted by Gasteiger charge is -2.26. The zero-order valence-electron chi connectivity index (χ0n) is 17.9. The highest BCUT2D eigenvalue weighted by Gasteiger charge is 2.18. The van der Waals surface area contributed by atoms with Gasteiger partial charge in [-0.1, -0.05) is 12.1 Å². The Morgan fingerprint density at radius 2 is 2.03 bits per heavy atom. The summed E-state index contributed by atoms with van der Waals surface area (Å²) in [5, 5.41) is 6.83. The summed E-state index contributed by atoms with van der Waals surface area (Å²) in [5.74, 6) is 1.76. The molecular formula is C22H36N4O3. The molecule has 0 saturated carbocycles. The van der Waals surface area contributed by atoms with Gasteiger partial charge in [-0.2, -0.15) is 0 Å². The Hall–Kier alpha value is -1.83. The Morgan fingerprint density at radius 1 is 1.17 bits per heavy atom. The van der Waals surface area contributed by atoms with E-state index in [-0.39, 0.29) is 6.10 Å². The normalized spacial score (nSPS) is 20.6. The molecule has 7 heteroatoms. The second kappa shape index (κ2) is 12.0. The number of nitrogens with zero attached hydrogens (tertiary/aromatic N) is 2. The molecule has 2 fully saturated rings. The van der Waals surface area contributed by atoms with Crippen molar-refractivity contribution >= 4 is 5.96 Å². The molecule has 0 spiro atoms. The van der Waals surface area contributed by atoms with Crippen LogP contribution in [0.15, 0.2) is 23.2 Å². The molecule has 0 bridgehead atoms. The fourth-order valence-electron chi connectivity index (χ4n) is 3.59. The second-order valence-electron chi connectivity index (χ2n) is 7.73. The van der Waals surface area contributed by atoms with Gasteiger partial charge in [0.25, 0.3) is 0 Å². The molecule has 2 saturated heterocycles. The molecule has 2 aliphatic rings. The molecule has 2 N–H and O–H groups in total. The highest BCUT2D eigenvalue weighted by atomic mass is 16.5. The van der Waals surface area contributed by atoms with Gasteiger partial charge in [0.05, 0.1) is 26.4 Å². The van der Waals surface area contributed by atoms with E-state index in [0.717, 1.165) is 76.1 Å². The zero-order valence-corrected chi connectivity index (χ0v) is 17.9. The molecule has 0 radical (unpaired) electrons. The van der Waals surface area contributed by atoms with Gasteiger partial charge in [-0.05, 0) is 37.9 Å². The summed E-state index contributed by atoms with van der Waals surface area (Å²) in [4.78, 5) is 6.82. The van der Waals surface area contributed by atoms with Crippen molar-refractivity contribution in [2.24, 2.45) is 4.99 Å². The number of aryl methyl sites for hydroxylation is 1. The third kappa shape index (κ3) is 7.49. The van der Waals surface area contributed by atoms with Crippen LogP contribution in [0.2, 0.25) is 0 Å². The summed E-state index contributed by atoms with van der Waals surface area (Å²) >= 11 is 0. The minimum Gasteiger partial charge on any atom is -0.488 e. The van der Waals surface area contributed by atoms with E-state index in [1.54, 1.807) is 0 Å². The van der Waals surface area contributed by atoms with Crippen LogP contribution >= 0.6 is 0 Å². The predicted octanol–water partition coefficient (Wildman–Crippen LogP) is 1.94. The number of morpholine rings is 1. The number of rotatable bonds is 9. The molecule has 1 aromatic carbocycles. The van der Waals surface area contributed by atoms with Crippen LogP contribution in [0.1, 0.15) is 30.4 Å². The minimum atomic E-state index is 0.152. The van der Waals surface area contributed by atoms with Crippen molar-refractivity contribution in [1.82, 2.24) is 15.5 Å². The molecule has 3 rings (SSSR count). The molecule has 0 amide bonds. The average molecular weight is 405 g/mol. The van der Waals surface area contributed by atoms with E-state index in [2.05, 4.69) is 45.6 Å². The van der Waals surface area contributed by atoms with Crippen LogP contribution < -0.4 is 15.4 Å². The number of guanidine groups is 1. The van der Waals surface area contributed by atoms with Gasteiger partial charge in [-0.15, -0.1) is 0 Å². The van der Waals surface area contributed by atoms with Crippen LogP contribution in [-0.2, 0) is 16.0 Å². The van der Waals surface area contributed by atoms with Crippen LogP contribution in [-0.4, -0.2) is 76.6 Å². The number of hydrogen-bond donors (Lipinski definition) is 2. The van der Waals surface area contributed by atoms with Crippen LogP contribution in [0.25, 0.3) is 0 Å². The molecule has 162 valence electrons. The van der Waals surface area contributed by atoms with Gasteiger partial charge in [-0.25, -0.2) is 0 Å². The molecular weight excluding hydrogens is 368 g/mol. The van der Waals surface area contributed by atoms with Gasteiger partial charge in [0.15, 0.2) is 5.96 Å². The van der Waals surface area contributed by atoms with E-state index in [0.29, 0.717) is 13.2 Å². The van der Waals surface area contributed by atoms with Crippen LogP contribution in [0.5, 0.6) is 5.75 Å². The van der Waals surface area contributed by atoms with Gasteiger partial charge in [-0.3, -0.25) is 9.89 Å². The lowest BCUT2D eigenvalue weighted by atomic mass is 10.1. The summed E-state index contributed by atoms with van der Waals surface area (Å²) in [6.07, 6.45) is 3.41. The predicted molar refractivity (Wildman–Crippen MR) is 116 cm³/mol. The van der Waals surface area contributed by atoms with Gasteiger partial charge >= 0.3 is 0 Å². The summed E-state index contributed by atoms with van der Waals surface area (Å²) < 4.78 is 17.0. The van der Waals surface area contributed by atoms with E-state index in [4.69, 9.17) is 14.2 Å². The van der Waals surface area contributed by atoms with Gasteiger partial charge in [0.2, 0.25) is 0 Å². The van der Waals surface area contributed by atoms with Crippen LogP contribution in [0, 0.1) is 6.92 Å². The van der Waals surface area contributed by atoms with E-state index in [9.17, 15) is 0 Å². The Bertz CT molecular complexity index is 641. The van der Waals surface area contributed by atoms with Crippen LogP contribution in [0.3, 0.4) is 0 Å². The Morgan fingerprint density at radius 3 is 2.79 bits per heavy atom. The summed E-state index contributed by atoms with van der Waals surface area (Å²) in [6, 6.07) is 6.36. The zero-order chi connectivity index (χ0) is 20.3. The largest absolute Gasteiger partial charge is 0.488 e. The first-order chi connectivity index (χ1) is 14.2. The van der Waals surface area contributed by atoms with E-state index in [1.165, 1.54) is 12.0 Å². The third-order valence-corrected chi connectivity index (χ3v) is 5.37. The smallest absolute Gasteiger partial charge is 0.191 e. The quantitative estimate of drug-likeness (QED) is 0.373. The molecule has 1 aromatic rings. The van der Waals surface area contributed by atoms with E-state index < -0.39 is 0 Å². The van der Waals surface area contributed by atoms with Crippen molar-refractivity contribution in [2.45, 2.75) is 38.8 Å². The SMILES string of the molecule is CN=C(NCCCCN1CCOCC1)NCc1ccc(C)cc1OC1CCOC1. The highest BCUT2D eigenvalue weighted by Crippen LogP contribution is 2.23. The number of hydrogen-bond acceptors (Lipinski definition) is 5. The maximum atomic E-state index is 6.19. The van der Waals surface area contributed by atoms with Crippen molar-refractivity contribution in [3.05, 3.63) is 29.3 Å². The van der Waals surface area contributed by atoms with Crippen molar-refractivity contribution in [2.75, 3.05) is 59.7 Å². The number of nitrogens with one attached hydrogen (secondary N) is 2. The van der Waals surface area contributed by atoms with E-state index >= 15 is 0 Å². The Balaban J connectivity index is 1.39. The number of aliphatic imine (C=N–C) groups is 1. The summed E-state index contributed by atoms with van der Waals surface area (Å²) in [6.45, 7) is 10.1. The molecule has 1 atom stereocenters. The van der Waals surface area contributed by atoms with Gasteiger partial charge in [0.1, 0.15) is 11.9 Å². The first kappa shape index (κ1) is 21.9. The second-order valence-corrected chi connectivity index (χ2v) is 7.73. The average Bonchev–Trinajstić information content (AvgIpc) is 3.25. The topological polar surface area (TPSA) is 67.4 Å². The Kier molecular flexibility index (Phi) is 9.05. The fraction of sp³-hybridized carbons (Fsp3) is 0.682. The van der Waals surface area contributed by atoms with Crippen molar-refractivity contribution in [1.29, 1.82) is 0 Å². The highest BCUT2D eigenvalue weighted by molar-refractivity contribution is 5.79. The maximum Gasteiger partial charge on any atom is 0.191 e. The van der Waals surface area contributed by atoms with Crippen molar-refractivity contribution in [3.8, 4) is 5.75 Å². The number of ether oxygens (including phenoxy) is 3. The third-order valence-electron chi connectivity index (χ3n) is 5.37. The molecule has 0 aromatic heterocycles. The number of benzene rings is 1. The fourth-order valence-corrected chi connectivity index (χ4v) is 3.59. The van der Waals surface area contributed by atoms with E-state index in [1.807, 2.05) is 7.05 Å². The molecule has 1 unspecified atom stereocenters. The first-order valence-electron chi connectivity index (χ1n) is 10.8.